The third-order valence-corrected chi connectivity index (χ3v) is 3.59. The van der Waals surface area contributed by atoms with Crippen molar-refractivity contribution < 1.29 is 0 Å². The van der Waals surface area contributed by atoms with Gasteiger partial charge in [0.2, 0.25) is 0 Å². The number of nitrogens with zero attached hydrogens (tertiary/aromatic N) is 3. The molecule has 2 N–H and O–H groups in total. The van der Waals surface area contributed by atoms with Gasteiger partial charge in [-0.1, -0.05) is 0 Å². The monoisotopic (exact) mass is 286 g/mol. The van der Waals surface area contributed by atoms with Crippen molar-refractivity contribution in [3.8, 4) is 10.7 Å². The first-order valence-electron chi connectivity index (χ1n) is 4.56. The lowest BCUT2D eigenvalue weighted by atomic mass is 10.4. The minimum Gasteiger partial charge on any atom is -0.330 e. The summed E-state index contributed by atoms with van der Waals surface area (Å²) in [5.74, 6) is 1.70. The number of rotatable bonds is 3. The molecule has 6 heteroatoms. The highest BCUT2D eigenvalue weighted by Crippen LogP contribution is 2.29. The van der Waals surface area contributed by atoms with Gasteiger partial charge in [-0.2, -0.15) is 5.10 Å². The normalized spacial score (nSPS) is 10.9. The minimum atomic E-state index is 0.581. The number of hydrogen-bond acceptors (Lipinski definition) is 4. The average Bonchev–Trinajstić information content (AvgIpc) is 2.73. The number of aryl methyl sites for hydroxylation is 1. The van der Waals surface area contributed by atoms with Crippen molar-refractivity contribution in [2.75, 3.05) is 6.54 Å². The minimum absolute atomic E-state index is 0.581. The van der Waals surface area contributed by atoms with Gasteiger partial charge in [0.25, 0.3) is 0 Å². The molecule has 0 bridgehead atoms. The third kappa shape index (κ3) is 2.27. The molecule has 2 aromatic rings. The van der Waals surface area contributed by atoms with Gasteiger partial charge in [-0.3, -0.25) is 0 Å². The standard InChI is InChI=1S/C9H11BrN4S/c1-14-9(6-2-3-7(10)15-6)12-8(13-14)4-5-11/h2-3H,4-5,11H2,1H3. The molecule has 0 atom stereocenters. The second kappa shape index (κ2) is 4.42. The predicted molar refractivity (Wildman–Crippen MR) is 64.8 cm³/mol. The van der Waals surface area contributed by atoms with Crippen LogP contribution in [0.4, 0.5) is 0 Å². The second-order valence-corrected chi connectivity index (χ2v) is 5.58. The van der Waals surface area contributed by atoms with Crippen LogP contribution >= 0.6 is 27.3 Å². The highest BCUT2D eigenvalue weighted by molar-refractivity contribution is 9.11. The fourth-order valence-corrected chi connectivity index (χ4v) is 2.73. The topological polar surface area (TPSA) is 56.7 Å². The van der Waals surface area contributed by atoms with Crippen molar-refractivity contribution in [3.05, 3.63) is 21.7 Å². The van der Waals surface area contributed by atoms with Crippen LogP contribution in [0.2, 0.25) is 0 Å². The molecular formula is C9H11BrN4S. The first-order chi connectivity index (χ1) is 7.20. The first kappa shape index (κ1) is 10.8. The Morgan fingerprint density at radius 2 is 2.33 bits per heavy atom. The van der Waals surface area contributed by atoms with Gasteiger partial charge in [0.15, 0.2) is 11.6 Å². The summed E-state index contributed by atoms with van der Waals surface area (Å²) in [6.45, 7) is 0.581. The Balaban J connectivity index is 2.35. The lowest BCUT2D eigenvalue weighted by molar-refractivity contribution is 0.745. The Hall–Kier alpha value is -0.720. The Bertz CT molecular complexity index is 462. The summed E-state index contributed by atoms with van der Waals surface area (Å²) in [4.78, 5) is 5.56. The number of hydrogen-bond donors (Lipinski definition) is 1. The molecular weight excluding hydrogens is 276 g/mol. The Morgan fingerprint density at radius 1 is 1.53 bits per heavy atom. The van der Waals surface area contributed by atoms with Gasteiger partial charge in [-0.15, -0.1) is 11.3 Å². The molecule has 2 rings (SSSR count). The molecule has 0 amide bonds. The summed E-state index contributed by atoms with van der Waals surface area (Å²) < 4.78 is 2.89. The second-order valence-electron chi connectivity index (χ2n) is 3.12. The quantitative estimate of drug-likeness (QED) is 0.936. The number of halogens is 1. The summed E-state index contributed by atoms with van der Waals surface area (Å²) in [6.07, 6.45) is 0.723. The lowest BCUT2D eigenvalue weighted by Gasteiger charge is -1.93. The maximum atomic E-state index is 5.47. The van der Waals surface area contributed by atoms with Gasteiger partial charge in [-0.05, 0) is 34.6 Å². The van der Waals surface area contributed by atoms with E-state index in [0.29, 0.717) is 6.54 Å². The number of nitrogens with two attached hydrogens (primary N) is 1. The van der Waals surface area contributed by atoms with Gasteiger partial charge in [0.05, 0.1) is 8.66 Å². The summed E-state index contributed by atoms with van der Waals surface area (Å²) in [5, 5.41) is 4.30. The van der Waals surface area contributed by atoms with Crippen LogP contribution < -0.4 is 5.73 Å². The maximum Gasteiger partial charge on any atom is 0.168 e. The molecule has 0 saturated carbocycles. The first-order valence-corrected chi connectivity index (χ1v) is 6.17. The highest BCUT2D eigenvalue weighted by Gasteiger charge is 2.10. The molecule has 0 saturated heterocycles. The zero-order valence-electron chi connectivity index (χ0n) is 8.27. The summed E-state index contributed by atoms with van der Waals surface area (Å²) in [7, 11) is 1.90. The molecule has 2 heterocycles. The van der Waals surface area contributed by atoms with E-state index in [-0.39, 0.29) is 0 Å². The smallest absolute Gasteiger partial charge is 0.168 e. The van der Waals surface area contributed by atoms with Crippen LogP contribution in [0.25, 0.3) is 10.7 Å². The molecule has 0 aliphatic heterocycles. The summed E-state index contributed by atoms with van der Waals surface area (Å²) in [5.41, 5.74) is 5.47. The van der Waals surface area contributed by atoms with Gasteiger partial charge in [-0.25, -0.2) is 9.67 Å². The Labute approximate surface area is 100 Å². The maximum absolute atomic E-state index is 5.47. The average molecular weight is 287 g/mol. The third-order valence-electron chi connectivity index (χ3n) is 1.97. The van der Waals surface area contributed by atoms with Crippen LogP contribution in [0.1, 0.15) is 5.82 Å². The molecule has 80 valence electrons. The van der Waals surface area contributed by atoms with Crippen molar-refractivity contribution in [1.29, 1.82) is 0 Å². The van der Waals surface area contributed by atoms with E-state index in [0.717, 1.165) is 26.7 Å². The molecule has 0 spiro atoms. The zero-order chi connectivity index (χ0) is 10.8. The SMILES string of the molecule is Cn1nc(CCN)nc1-c1ccc(Br)s1. The van der Waals surface area contributed by atoms with E-state index >= 15 is 0 Å². The van der Waals surface area contributed by atoms with Gasteiger partial charge in [0.1, 0.15) is 0 Å². The van der Waals surface area contributed by atoms with E-state index in [1.807, 2.05) is 19.2 Å². The van der Waals surface area contributed by atoms with Gasteiger partial charge in [0, 0.05) is 13.5 Å². The van der Waals surface area contributed by atoms with E-state index in [1.54, 1.807) is 16.0 Å². The fourth-order valence-electron chi connectivity index (χ4n) is 1.32. The van der Waals surface area contributed by atoms with E-state index in [1.165, 1.54) is 0 Å². The fraction of sp³-hybridized carbons (Fsp3) is 0.333. The van der Waals surface area contributed by atoms with Crippen LogP contribution in [0.15, 0.2) is 15.9 Å². The van der Waals surface area contributed by atoms with Gasteiger partial charge >= 0.3 is 0 Å². The summed E-state index contributed by atoms with van der Waals surface area (Å²) >= 11 is 5.08. The molecule has 0 radical (unpaired) electrons. The van der Waals surface area contributed by atoms with E-state index < -0.39 is 0 Å². The predicted octanol–water partition coefficient (Wildman–Crippen LogP) is 1.81. The highest BCUT2D eigenvalue weighted by atomic mass is 79.9. The molecule has 0 aliphatic rings. The van der Waals surface area contributed by atoms with Crippen molar-refractivity contribution in [2.24, 2.45) is 12.8 Å². The largest absolute Gasteiger partial charge is 0.330 e. The van der Waals surface area contributed by atoms with E-state index in [2.05, 4.69) is 26.0 Å². The van der Waals surface area contributed by atoms with Crippen LogP contribution in [0.3, 0.4) is 0 Å². The van der Waals surface area contributed by atoms with Crippen molar-refractivity contribution in [3.63, 3.8) is 0 Å². The van der Waals surface area contributed by atoms with E-state index in [9.17, 15) is 0 Å². The molecule has 0 unspecified atom stereocenters. The molecule has 2 aromatic heterocycles. The van der Waals surface area contributed by atoms with Crippen LogP contribution in [-0.2, 0) is 13.5 Å². The zero-order valence-corrected chi connectivity index (χ0v) is 10.7. The molecule has 0 fully saturated rings. The van der Waals surface area contributed by atoms with E-state index in [4.69, 9.17) is 5.73 Å². The van der Waals surface area contributed by atoms with Gasteiger partial charge < -0.3 is 5.73 Å². The molecule has 4 nitrogen and oxygen atoms in total. The summed E-state index contributed by atoms with van der Waals surface area (Å²) in [6, 6.07) is 4.04. The van der Waals surface area contributed by atoms with Crippen molar-refractivity contribution in [2.45, 2.75) is 6.42 Å². The number of thiophene rings is 1. The van der Waals surface area contributed by atoms with Crippen molar-refractivity contribution in [1.82, 2.24) is 14.8 Å². The molecule has 0 aromatic carbocycles. The molecule has 0 aliphatic carbocycles. The lowest BCUT2D eigenvalue weighted by Crippen LogP contribution is -2.04. The van der Waals surface area contributed by atoms with Crippen molar-refractivity contribution >= 4 is 27.3 Å². The molecule has 15 heavy (non-hydrogen) atoms. The van der Waals surface area contributed by atoms with Crippen LogP contribution in [0.5, 0.6) is 0 Å². The Kier molecular flexibility index (Phi) is 3.18. The Morgan fingerprint density at radius 3 is 2.93 bits per heavy atom. The van der Waals surface area contributed by atoms with Crippen LogP contribution in [0, 0.1) is 0 Å². The number of aromatic nitrogens is 3. The van der Waals surface area contributed by atoms with Crippen LogP contribution in [-0.4, -0.2) is 21.3 Å².